The average molecular weight is 462 g/mol. The third-order valence-corrected chi connectivity index (χ3v) is 5.81. The first-order valence-corrected chi connectivity index (χ1v) is 11.2. The number of fused-ring (bicyclic) bond motifs is 1. The summed E-state index contributed by atoms with van der Waals surface area (Å²) < 4.78 is 38.6. The number of carbonyl (C=O) groups excluding carboxylic acids is 1. The van der Waals surface area contributed by atoms with Gasteiger partial charge in [0.15, 0.2) is 0 Å². The summed E-state index contributed by atoms with van der Waals surface area (Å²) in [5.74, 6) is 0.773. The van der Waals surface area contributed by atoms with Gasteiger partial charge >= 0.3 is 6.61 Å². The highest BCUT2D eigenvalue weighted by atomic mass is 19.3. The Bertz CT molecular complexity index is 1300. The Labute approximate surface area is 195 Å². The predicted molar refractivity (Wildman–Crippen MR) is 125 cm³/mol. The van der Waals surface area contributed by atoms with Crippen molar-refractivity contribution in [2.75, 3.05) is 0 Å². The Morgan fingerprint density at radius 1 is 1.00 bits per heavy atom. The maximum absolute atomic E-state index is 12.9. The number of carbonyl (C=O) groups is 1. The first kappa shape index (κ1) is 21.9. The molecule has 7 heteroatoms. The van der Waals surface area contributed by atoms with Crippen LogP contribution in [0, 0.1) is 0 Å². The third kappa shape index (κ3) is 5.03. The molecule has 1 N–H and O–H groups in total. The van der Waals surface area contributed by atoms with Gasteiger partial charge in [-0.1, -0.05) is 36.4 Å². The molecule has 1 heterocycles. The molecule has 1 fully saturated rings. The Morgan fingerprint density at radius 2 is 1.76 bits per heavy atom. The number of nitrogens with one attached hydrogen (secondary N) is 1. The first-order valence-electron chi connectivity index (χ1n) is 11.2. The van der Waals surface area contributed by atoms with E-state index in [0.29, 0.717) is 17.7 Å². The van der Waals surface area contributed by atoms with Crippen molar-refractivity contribution in [3.8, 4) is 11.5 Å². The van der Waals surface area contributed by atoms with Crippen molar-refractivity contribution in [1.29, 1.82) is 0 Å². The van der Waals surface area contributed by atoms with Crippen molar-refractivity contribution in [1.82, 2.24) is 9.88 Å². The fourth-order valence-corrected chi connectivity index (χ4v) is 3.96. The fourth-order valence-electron chi connectivity index (χ4n) is 3.96. The Morgan fingerprint density at radius 3 is 2.53 bits per heavy atom. The van der Waals surface area contributed by atoms with Gasteiger partial charge in [-0.2, -0.15) is 8.78 Å². The van der Waals surface area contributed by atoms with Crippen LogP contribution in [0.15, 0.2) is 78.9 Å². The number of alkyl halides is 2. The second-order valence-corrected chi connectivity index (χ2v) is 8.33. The summed E-state index contributed by atoms with van der Waals surface area (Å²) in [7, 11) is 0. The van der Waals surface area contributed by atoms with E-state index in [1.807, 2.05) is 53.1 Å². The summed E-state index contributed by atoms with van der Waals surface area (Å²) in [5, 5.41) is 3.89. The summed E-state index contributed by atoms with van der Waals surface area (Å²) >= 11 is 0. The Kier molecular flexibility index (Phi) is 6.16. The molecule has 1 aliphatic rings. The maximum Gasteiger partial charge on any atom is 0.387 e. The van der Waals surface area contributed by atoms with Gasteiger partial charge < -0.3 is 19.4 Å². The van der Waals surface area contributed by atoms with Crippen molar-refractivity contribution in [2.45, 2.75) is 38.6 Å². The molecule has 4 aromatic rings. The van der Waals surface area contributed by atoms with Crippen LogP contribution in [0.5, 0.6) is 11.5 Å². The van der Waals surface area contributed by atoms with Gasteiger partial charge in [0.2, 0.25) is 0 Å². The van der Waals surface area contributed by atoms with E-state index in [2.05, 4.69) is 5.32 Å². The smallest absolute Gasteiger partial charge is 0.387 e. The molecule has 174 valence electrons. The van der Waals surface area contributed by atoms with Gasteiger partial charge in [0, 0.05) is 28.1 Å². The molecule has 5 rings (SSSR count). The van der Waals surface area contributed by atoms with E-state index in [0.717, 1.165) is 35.2 Å². The summed E-state index contributed by atoms with van der Waals surface area (Å²) in [6.45, 7) is -2.32. The standard InChI is InChI=1S/C27H24F2N2O3/c28-27(29)34-25-9-5-4-6-19(25)16-31-22(17-33-23-7-2-1-3-8-23)15-20-14-18(10-13-24(20)31)26(32)30-21-11-12-21/h1-10,13-15,21,27H,11-12,16-17H2,(H,30,32). The zero-order valence-electron chi connectivity index (χ0n) is 18.4. The van der Waals surface area contributed by atoms with Crippen LogP contribution >= 0.6 is 0 Å². The molecule has 0 bridgehead atoms. The van der Waals surface area contributed by atoms with Crippen LogP contribution in [0.3, 0.4) is 0 Å². The minimum atomic E-state index is -2.91. The topological polar surface area (TPSA) is 52.5 Å². The van der Waals surface area contributed by atoms with Crippen LogP contribution in [0.2, 0.25) is 0 Å². The number of rotatable bonds is 9. The second kappa shape index (κ2) is 9.55. The van der Waals surface area contributed by atoms with E-state index in [1.54, 1.807) is 24.3 Å². The molecule has 1 saturated carbocycles. The molecular weight excluding hydrogens is 438 g/mol. The lowest BCUT2D eigenvalue weighted by Crippen LogP contribution is -2.25. The normalized spacial score (nSPS) is 13.3. The summed E-state index contributed by atoms with van der Waals surface area (Å²) in [4.78, 5) is 12.5. The largest absolute Gasteiger partial charge is 0.487 e. The Hall–Kier alpha value is -3.87. The monoisotopic (exact) mass is 462 g/mol. The lowest BCUT2D eigenvalue weighted by Gasteiger charge is -2.15. The van der Waals surface area contributed by atoms with Crippen LogP contribution in [-0.2, 0) is 13.2 Å². The van der Waals surface area contributed by atoms with Crippen molar-refractivity contribution < 1.29 is 23.0 Å². The van der Waals surface area contributed by atoms with Gasteiger partial charge in [-0.15, -0.1) is 0 Å². The van der Waals surface area contributed by atoms with E-state index in [-0.39, 0.29) is 24.3 Å². The van der Waals surface area contributed by atoms with Crippen LogP contribution in [0.25, 0.3) is 10.9 Å². The highest BCUT2D eigenvalue weighted by Crippen LogP contribution is 2.28. The number of hydrogen-bond donors (Lipinski definition) is 1. The molecular formula is C27H24F2N2O3. The zero-order chi connectivity index (χ0) is 23.5. The number of aromatic nitrogens is 1. The van der Waals surface area contributed by atoms with E-state index >= 15 is 0 Å². The number of para-hydroxylation sites is 2. The fraction of sp³-hybridized carbons (Fsp3) is 0.222. The number of hydrogen-bond acceptors (Lipinski definition) is 3. The first-order chi connectivity index (χ1) is 16.6. The van der Waals surface area contributed by atoms with E-state index in [1.165, 1.54) is 6.07 Å². The maximum atomic E-state index is 12.9. The number of nitrogens with zero attached hydrogens (tertiary/aromatic N) is 1. The molecule has 3 aromatic carbocycles. The third-order valence-electron chi connectivity index (χ3n) is 5.81. The van der Waals surface area contributed by atoms with Crippen LogP contribution < -0.4 is 14.8 Å². The van der Waals surface area contributed by atoms with Crippen molar-refractivity contribution in [2.24, 2.45) is 0 Å². The predicted octanol–water partition coefficient (Wildman–Crippen LogP) is 5.76. The van der Waals surface area contributed by atoms with E-state index in [4.69, 9.17) is 9.47 Å². The van der Waals surface area contributed by atoms with Gasteiger partial charge in [0.25, 0.3) is 5.91 Å². The van der Waals surface area contributed by atoms with Crippen molar-refractivity contribution in [3.05, 3.63) is 95.7 Å². The molecule has 1 aromatic heterocycles. The van der Waals surface area contributed by atoms with Crippen LogP contribution in [-0.4, -0.2) is 23.1 Å². The van der Waals surface area contributed by atoms with Crippen LogP contribution in [0.1, 0.15) is 34.5 Å². The lowest BCUT2D eigenvalue weighted by atomic mass is 10.1. The molecule has 0 unspecified atom stereocenters. The minimum Gasteiger partial charge on any atom is -0.487 e. The molecule has 0 radical (unpaired) electrons. The van der Waals surface area contributed by atoms with Crippen molar-refractivity contribution in [3.63, 3.8) is 0 Å². The molecule has 5 nitrogen and oxygen atoms in total. The van der Waals surface area contributed by atoms with Crippen LogP contribution in [0.4, 0.5) is 8.78 Å². The van der Waals surface area contributed by atoms with Gasteiger partial charge in [-0.3, -0.25) is 4.79 Å². The molecule has 1 aliphatic carbocycles. The summed E-state index contributed by atoms with van der Waals surface area (Å²) in [6, 6.07) is 24.0. The quantitative estimate of drug-likeness (QED) is 0.344. The Balaban J connectivity index is 1.50. The van der Waals surface area contributed by atoms with Gasteiger partial charge in [-0.05, 0) is 55.3 Å². The molecule has 0 aliphatic heterocycles. The highest BCUT2D eigenvalue weighted by molar-refractivity contribution is 5.98. The van der Waals surface area contributed by atoms with E-state index < -0.39 is 6.61 Å². The van der Waals surface area contributed by atoms with Gasteiger partial charge in [-0.25, -0.2) is 0 Å². The van der Waals surface area contributed by atoms with E-state index in [9.17, 15) is 13.6 Å². The van der Waals surface area contributed by atoms with Gasteiger partial charge in [0.1, 0.15) is 18.1 Å². The zero-order valence-corrected chi connectivity index (χ0v) is 18.4. The van der Waals surface area contributed by atoms with Crippen molar-refractivity contribution >= 4 is 16.8 Å². The molecule has 0 spiro atoms. The number of amides is 1. The number of ether oxygens (including phenoxy) is 2. The molecule has 1 amide bonds. The highest BCUT2D eigenvalue weighted by Gasteiger charge is 2.24. The number of halogens is 2. The number of benzene rings is 3. The summed E-state index contributed by atoms with van der Waals surface area (Å²) in [6.07, 6.45) is 2.04. The van der Waals surface area contributed by atoms with Gasteiger partial charge in [0.05, 0.1) is 12.2 Å². The molecule has 0 atom stereocenters. The average Bonchev–Trinajstić information content (AvgIpc) is 3.59. The molecule has 34 heavy (non-hydrogen) atoms. The molecule has 0 saturated heterocycles. The SMILES string of the molecule is O=C(NC1CC1)c1ccc2c(c1)cc(COc1ccccc1)n2Cc1ccccc1OC(F)F. The second-order valence-electron chi connectivity index (χ2n) is 8.33. The summed E-state index contributed by atoms with van der Waals surface area (Å²) in [5.41, 5.74) is 2.94. The minimum absolute atomic E-state index is 0.0880. The lowest BCUT2D eigenvalue weighted by molar-refractivity contribution is -0.0504.